The lowest BCUT2D eigenvalue weighted by molar-refractivity contribution is 0.702. The second-order valence-electron chi connectivity index (χ2n) is 2.07. The molecule has 0 saturated heterocycles. The molecule has 0 spiro atoms. The highest BCUT2D eigenvalue weighted by molar-refractivity contribution is 7.64. The molecule has 0 atom stereocenters. The van der Waals surface area contributed by atoms with Gasteiger partial charge in [0, 0.05) is 0 Å². The molecular weight excluding hydrogens is 209 g/mol. The van der Waals surface area contributed by atoms with E-state index in [2.05, 4.69) is 12.2 Å². The van der Waals surface area contributed by atoms with Crippen molar-refractivity contribution in [3.63, 3.8) is 0 Å². The average molecular weight is 221 g/mol. The van der Waals surface area contributed by atoms with Gasteiger partial charge in [0.2, 0.25) is 0 Å². The first-order valence-corrected chi connectivity index (χ1v) is 8.58. The summed E-state index contributed by atoms with van der Waals surface area (Å²) in [6, 6.07) is -1.58. The quantitative estimate of drug-likeness (QED) is 0.427. The number of nitrogens with one attached hydrogen (secondary N) is 1. The first kappa shape index (κ1) is 11.0. The zero-order valence-corrected chi connectivity index (χ0v) is 9.23. The van der Waals surface area contributed by atoms with E-state index in [1.165, 1.54) is 0 Å². The van der Waals surface area contributed by atoms with Crippen molar-refractivity contribution < 1.29 is 0 Å². The molecule has 1 nitrogen and oxygen atoms in total. The van der Waals surface area contributed by atoms with E-state index in [9.17, 15) is 0 Å². The predicted octanol–water partition coefficient (Wildman–Crippen LogP) is 2.64. The van der Waals surface area contributed by atoms with E-state index in [4.69, 9.17) is 33.2 Å². The molecule has 0 fully saturated rings. The molecule has 0 amide bonds. The SMILES string of the molecule is CCNCCC[Si](Cl)(Cl)Cl. The maximum atomic E-state index is 5.65. The van der Waals surface area contributed by atoms with Crippen LogP contribution in [0.25, 0.3) is 0 Å². The van der Waals surface area contributed by atoms with Gasteiger partial charge in [-0.1, -0.05) is 6.92 Å². The Bertz CT molecular complexity index is 83.5. The Balaban J connectivity index is 3.04. The zero-order valence-electron chi connectivity index (χ0n) is 5.96. The average Bonchev–Trinajstić information content (AvgIpc) is 1.78. The largest absolute Gasteiger partial charge is 0.341 e. The third kappa shape index (κ3) is 9.05. The highest BCUT2D eigenvalue weighted by Crippen LogP contribution is 2.25. The van der Waals surface area contributed by atoms with Gasteiger partial charge in [-0.15, -0.1) is 33.2 Å². The van der Waals surface area contributed by atoms with Crippen molar-refractivity contribution in [1.29, 1.82) is 0 Å². The topological polar surface area (TPSA) is 12.0 Å². The molecule has 0 aromatic heterocycles. The maximum Gasteiger partial charge on any atom is 0.341 e. The van der Waals surface area contributed by atoms with Gasteiger partial charge < -0.3 is 5.32 Å². The second-order valence-corrected chi connectivity index (χ2v) is 11.4. The standard InChI is InChI=1S/C5H12Cl3NSi/c1-2-9-4-3-5-10(6,7)8/h9H,2-5H2,1H3. The molecule has 1 N–H and O–H groups in total. The Labute approximate surface area is 77.2 Å². The monoisotopic (exact) mass is 219 g/mol. The van der Waals surface area contributed by atoms with Gasteiger partial charge in [-0.2, -0.15) is 0 Å². The molecule has 62 valence electrons. The van der Waals surface area contributed by atoms with Gasteiger partial charge in [0.1, 0.15) is 0 Å². The van der Waals surface area contributed by atoms with Crippen LogP contribution in [-0.4, -0.2) is 19.1 Å². The summed E-state index contributed by atoms with van der Waals surface area (Å²) < 4.78 is 0. The molecule has 5 heteroatoms. The Hall–Kier alpha value is 1.05. The molecule has 0 unspecified atom stereocenters. The summed E-state index contributed by atoms with van der Waals surface area (Å²) in [6.07, 6.45) is 0.969. The van der Waals surface area contributed by atoms with E-state index in [-0.39, 0.29) is 0 Å². The van der Waals surface area contributed by atoms with Crippen molar-refractivity contribution in [3.05, 3.63) is 0 Å². The number of hydrogen-bond acceptors (Lipinski definition) is 1. The lowest BCUT2D eigenvalue weighted by Gasteiger charge is -2.06. The normalized spacial score (nSPS) is 12.0. The molecule has 0 saturated carbocycles. The molecule has 0 aliphatic heterocycles. The van der Waals surface area contributed by atoms with Crippen LogP contribution in [0.3, 0.4) is 0 Å². The van der Waals surface area contributed by atoms with Crippen LogP contribution < -0.4 is 5.32 Å². The van der Waals surface area contributed by atoms with Crippen LogP contribution in [0.1, 0.15) is 13.3 Å². The molecule has 0 aliphatic carbocycles. The third-order valence-corrected chi connectivity index (χ3v) is 3.69. The fraction of sp³-hybridized carbons (Fsp3) is 1.00. The zero-order chi connectivity index (χ0) is 8.04. The highest BCUT2D eigenvalue weighted by atomic mass is 35.8. The lowest BCUT2D eigenvalue weighted by Crippen LogP contribution is -2.17. The maximum absolute atomic E-state index is 5.65. The van der Waals surface area contributed by atoms with Crippen LogP contribution in [0.15, 0.2) is 0 Å². The van der Waals surface area contributed by atoms with Gasteiger partial charge in [0.25, 0.3) is 0 Å². The number of halogens is 3. The van der Waals surface area contributed by atoms with Crippen molar-refractivity contribution in [2.24, 2.45) is 0 Å². The molecule has 0 rings (SSSR count). The predicted molar refractivity (Wildman–Crippen MR) is 51.3 cm³/mol. The smallest absolute Gasteiger partial charge is 0.317 e. The van der Waals surface area contributed by atoms with Gasteiger partial charge in [0.15, 0.2) is 0 Å². The highest BCUT2D eigenvalue weighted by Gasteiger charge is 2.23. The van der Waals surface area contributed by atoms with Crippen molar-refractivity contribution in [1.82, 2.24) is 5.32 Å². The van der Waals surface area contributed by atoms with Crippen molar-refractivity contribution in [2.75, 3.05) is 13.1 Å². The first-order chi connectivity index (χ1) is 4.56. The van der Waals surface area contributed by atoms with Crippen molar-refractivity contribution in [2.45, 2.75) is 19.4 Å². The summed E-state index contributed by atoms with van der Waals surface area (Å²) in [5.74, 6) is 0. The minimum atomic E-state index is -2.33. The summed E-state index contributed by atoms with van der Waals surface area (Å²) in [7, 11) is 0. The lowest BCUT2D eigenvalue weighted by atomic mass is 10.5. The van der Waals surface area contributed by atoms with Crippen molar-refractivity contribution >= 4 is 39.2 Å². The Morgan fingerprint density at radius 3 is 2.30 bits per heavy atom. The van der Waals surface area contributed by atoms with Gasteiger partial charge in [0.05, 0.1) is 0 Å². The van der Waals surface area contributed by atoms with Crippen LogP contribution in [0.2, 0.25) is 6.04 Å². The summed E-state index contributed by atoms with van der Waals surface area (Å²) in [5, 5.41) is 3.17. The van der Waals surface area contributed by atoms with E-state index in [1.807, 2.05) is 0 Å². The minimum absolute atomic E-state index is 0.755. The molecule has 0 aliphatic rings. The molecule has 0 bridgehead atoms. The molecule has 0 aromatic carbocycles. The first-order valence-electron chi connectivity index (χ1n) is 3.33. The van der Waals surface area contributed by atoms with Crippen molar-refractivity contribution in [3.8, 4) is 0 Å². The van der Waals surface area contributed by atoms with E-state index >= 15 is 0 Å². The van der Waals surface area contributed by atoms with Crippen LogP contribution >= 0.6 is 33.2 Å². The minimum Gasteiger partial charge on any atom is -0.317 e. The van der Waals surface area contributed by atoms with Gasteiger partial charge in [-0.25, -0.2) is 0 Å². The molecule has 0 radical (unpaired) electrons. The summed E-state index contributed by atoms with van der Waals surface area (Å²) in [5.41, 5.74) is 0. The Morgan fingerprint density at radius 2 is 1.90 bits per heavy atom. The summed E-state index contributed by atoms with van der Waals surface area (Å²) in [4.78, 5) is 0. The van der Waals surface area contributed by atoms with Gasteiger partial charge >= 0.3 is 6.00 Å². The van der Waals surface area contributed by atoms with Gasteiger partial charge in [-0.3, -0.25) is 0 Å². The number of hydrogen-bond donors (Lipinski definition) is 1. The fourth-order valence-electron chi connectivity index (χ4n) is 0.591. The van der Waals surface area contributed by atoms with Crippen LogP contribution in [0.5, 0.6) is 0 Å². The van der Waals surface area contributed by atoms with E-state index in [1.54, 1.807) is 0 Å². The second kappa shape index (κ2) is 5.67. The van der Waals surface area contributed by atoms with E-state index < -0.39 is 6.00 Å². The number of rotatable bonds is 5. The fourth-order valence-corrected chi connectivity index (χ4v) is 2.37. The Kier molecular flexibility index (Phi) is 6.26. The molecule has 10 heavy (non-hydrogen) atoms. The molecular formula is C5H12Cl3NSi. The van der Waals surface area contributed by atoms with E-state index in [0.717, 1.165) is 25.6 Å². The Morgan fingerprint density at radius 1 is 1.30 bits per heavy atom. The molecule has 0 heterocycles. The van der Waals surface area contributed by atoms with E-state index in [0.29, 0.717) is 0 Å². The van der Waals surface area contributed by atoms with Crippen LogP contribution in [0, 0.1) is 0 Å². The van der Waals surface area contributed by atoms with Crippen LogP contribution in [0.4, 0.5) is 0 Å². The summed E-state index contributed by atoms with van der Waals surface area (Å²) in [6.45, 7) is 4.01. The summed E-state index contributed by atoms with van der Waals surface area (Å²) >= 11 is 17.0. The third-order valence-electron chi connectivity index (χ3n) is 1.06. The van der Waals surface area contributed by atoms with Crippen LogP contribution in [-0.2, 0) is 0 Å². The molecule has 0 aromatic rings. The van der Waals surface area contributed by atoms with Gasteiger partial charge in [-0.05, 0) is 25.6 Å².